The van der Waals surface area contributed by atoms with Crippen molar-refractivity contribution >= 4 is 5.97 Å². The van der Waals surface area contributed by atoms with Crippen LogP contribution in [0, 0.1) is 17.8 Å². The van der Waals surface area contributed by atoms with Crippen molar-refractivity contribution in [1.82, 2.24) is 0 Å². The average molecular weight is 364 g/mol. The van der Waals surface area contributed by atoms with Gasteiger partial charge in [-0.2, -0.15) is 0 Å². The fourth-order valence-corrected chi connectivity index (χ4v) is 4.51. The molecule has 5 atom stereocenters. The van der Waals surface area contributed by atoms with E-state index in [1.54, 1.807) is 6.92 Å². The number of ether oxygens (including phenoxy) is 1. The highest BCUT2D eigenvalue weighted by atomic mass is 16.5. The van der Waals surface area contributed by atoms with Crippen LogP contribution in [0.2, 0.25) is 0 Å². The van der Waals surface area contributed by atoms with Gasteiger partial charge in [0.05, 0.1) is 12.2 Å². The zero-order valence-corrected chi connectivity index (χ0v) is 16.0. The van der Waals surface area contributed by atoms with E-state index >= 15 is 0 Å². The van der Waals surface area contributed by atoms with Gasteiger partial charge in [-0.15, -0.1) is 0 Å². The first kappa shape index (κ1) is 20.7. The molecule has 2 aliphatic rings. The van der Waals surface area contributed by atoms with E-state index in [2.05, 4.69) is 6.07 Å². The first-order valence-electron chi connectivity index (χ1n) is 9.77. The minimum Gasteiger partial charge on any atom is -0.482 e. The average Bonchev–Trinajstić information content (AvgIpc) is 2.92. The topological polar surface area (TPSA) is 87.0 Å². The molecule has 3 N–H and O–H groups in total. The molecule has 0 spiro atoms. The number of aliphatic carboxylic acids is 1. The van der Waals surface area contributed by atoms with Crippen molar-refractivity contribution in [1.29, 1.82) is 0 Å². The lowest BCUT2D eigenvalue weighted by Crippen LogP contribution is -2.28. The highest BCUT2D eigenvalue weighted by Crippen LogP contribution is 2.48. The van der Waals surface area contributed by atoms with Crippen LogP contribution in [0.5, 0.6) is 5.75 Å². The Morgan fingerprint density at radius 1 is 1.31 bits per heavy atom. The number of benzene rings is 1. The third-order valence-electron chi connectivity index (χ3n) is 5.61. The van der Waals surface area contributed by atoms with Gasteiger partial charge in [-0.05, 0) is 74.0 Å². The quantitative estimate of drug-likeness (QED) is 0.722. The monoisotopic (exact) mass is 364 g/mol. The van der Waals surface area contributed by atoms with Crippen molar-refractivity contribution in [3.63, 3.8) is 0 Å². The van der Waals surface area contributed by atoms with Crippen LogP contribution < -0.4 is 4.74 Å². The van der Waals surface area contributed by atoms with Gasteiger partial charge in [-0.25, -0.2) is 4.79 Å². The highest BCUT2D eigenvalue weighted by Gasteiger charge is 2.44. The van der Waals surface area contributed by atoms with Crippen LogP contribution in [-0.4, -0.2) is 40.1 Å². The highest BCUT2D eigenvalue weighted by molar-refractivity contribution is 5.68. The van der Waals surface area contributed by atoms with E-state index in [0.717, 1.165) is 37.7 Å². The van der Waals surface area contributed by atoms with Crippen molar-refractivity contribution in [3.05, 3.63) is 29.3 Å². The van der Waals surface area contributed by atoms with Crippen LogP contribution >= 0.6 is 0 Å². The summed E-state index contributed by atoms with van der Waals surface area (Å²) in [6.45, 7) is 5.46. The summed E-state index contributed by atoms with van der Waals surface area (Å²) in [7, 11) is 0. The Hall–Kier alpha value is -1.59. The summed E-state index contributed by atoms with van der Waals surface area (Å²) in [6, 6.07) is 5.82. The van der Waals surface area contributed by atoms with E-state index < -0.39 is 5.97 Å². The number of carboxylic acids is 1. The van der Waals surface area contributed by atoms with Crippen molar-refractivity contribution < 1.29 is 24.9 Å². The van der Waals surface area contributed by atoms with Gasteiger partial charge in [0.2, 0.25) is 0 Å². The minimum atomic E-state index is -0.976. The van der Waals surface area contributed by atoms with Crippen molar-refractivity contribution in [3.8, 4) is 5.75 Å². The lowest BCUT2D eigenvalue weighted by molar-refractivity contribution is -0.139. The van der Waals surface area contributed by atoms with E-state index in [-0.39, 0.29) is 24.7 Å². The standard InChI is InChI=1S/C19H26O5.C2H6/c1-11(20)5-6-14-15-7-12-3-2-4-18(24-10-19(22)23)16(12)8-13(15)9-17(14)21;1-2/h2-4,11,13-15,17,20-21H,5-10H2,1H3,(H,22,23);1-2H3/t11-,13-,14+,15-,17+;/m0./s1. The Kier molecular flexibility index (Phi) is 7.47. The van der Waals surface area contributed by atoms with Crippen molar-refractivity contribution in [2.24, 2.45) is 17.8 Å². The molecule has 1 fully saturated rings. The Labute approximate surface area is 156 Å². The SMILES string of the molecule is CC.C[C@H](O)CC[C@@H]1[C@H]2Cc3cccc(OCC(=O)O)c3C[C@H]2C[C@H]1O. The van der Waals surface area contributed by atoms with E-state index in [9.17, 15) is 15.0 Å². The normalized spacial score (nSPS) is 27.6. The van der Waals surface area contributed by atoms with E-state index in [1.807, 2.05) is 26.0 Å². The predicted molar refractivity (Wildman–Crippen MR) is 100 cm³/mol. The number of fused-ring (bicyclic) bond motifs is 2. The molecule has 0 unspecified atom stereocenters. The first-order chi connectivity index (χ1) is 12.5. The summed E-state index contributed by atoms with van der Waals surface area (Å²) in [6.07, 6.45) is 3.44. The molecule has 1 aromatic rings. The molecule has 1 saturated carbocycles. The largest absolute Gasteiger partial charge is 0.482 e. The summed E-state index contributed by atoms with van der Waals surface area (Å²) in [5.74, 6) is 0.759. The zero-order valence-electron chi connectivity index (χ0n) is 16.0. The molecule has 3 rings (SSSR count). The van der Waals surface area contributed by atoms with Crippen LogP contribution in [0.15, 0.2) is 18.2 Å². The third kappa shape index (κ3) is 4.77. The third-order valence-corrected chi connectivity index (χ3v) is 5.61. The van der Waals surface area contributed by atoms with Gasteiger partial charge < -0.3 is 20.1 Å². The number of carboxylic acid groups (broad SMARTS) is 1. The molecule has 0 bridgehead atoms. The maximum Gasteiger partial charge on any atom is 0.341 e. The number of carbonyl (C=O) groups is 1. The second kappa shape index (κ2) is 9.38. The molecule has 0 saturated heterocycles. The molecule has 1 aromatic carbocycles. The van der Waals surface area contributed by atoms with Gasteiger partial charge in [0.15, 0.2) is 6.61 Å². The van der Waals surface area contributed by atoms with Gasteiger partial charge >= 0.3 is 5.97 Å². The Balaban J connectivity index is 0.00000117. The summed E-state index contributed by atoms with van der Waals surface area (Å²) in [5.41, 5.74) is 2.30. The number of aliphatic hydroxyl groups excluding tert-OH is 2. The summed E-state index contributed by atoms with van der Waals surface area (Å²) in [4.78, 5) is 10.8. The molecule has 5 heteroatoms. The molecule has 5 nitrogen and oxygen atoms in total. The van der Waals surface area contributed by atoms with Gasteiger partial charge in [0, 0.05) is 0 Å². The van der Waals surface area contributed by atoms with Gasteiger partial charge in [-0.1, -0.05) is 26.0 Å². The predicted octanol–water partition coefficient (Wildman–Crippen LogP) is 3.05. The van der Waals surface area contributed by atoms with Crippen LogP contribution in [0.3, 0.4) is 0 Å². The van der Waals surface area contributed by atoms with Gasteiger partial charge in [0.25, 0.3) is 0 Å². The Bertz CT molecular complexity index is 598. The molecule has 0 heterocycles. The molecule has 26 heavy (non-hydrogen) atoms. The van der Waals surface area contributed by atoms with E-state index in [1.165, 1.54) is 5.56 Å². The second-order valence-corrected chi connectivity index (χ2v) is 7.30. The smallest absolute Gasteiger partial charge is 0.341 e. The zero-order chi connectivity index (χ0) is 19.3. The molecule has 0 radical (unpaired) electrons. The van der Waals surface area contributed by atoms with Gasteiger partial charge in [0.1, 0.15) is 5.75 Å². The van der Waals surface area contributed by atoms with Crippen LogP contribution in [-0.2, 0) is 17.6 Å². The lowest BCUT2D eigenvalue weighted by atomic mass is 9.73. The van der Waals surface area contributed by atoms with E-state index in [4.69, 9.17) is 9.84 Å². The molecule has 146 valence electrons. The van der Waals surface area contributed by atoms with Gasteiger partial charge in [-0.3, -0.25) is 0 Å². The number of hydrogen-bond acceptors (Lipinski definition) is 4. The molecule has 0 amide bonds. The molecular formula is C21H32O5. The molecule has 0 aliphatic heterocycles. The fraction of sp³-hybridized carbons (Fsp3) is 0.667. The first-order valence-corrected chi connectivity index (χ1v) is 9.77. The maximum absolute atomic E-state index is 10.8. The summed E-state index contributed by atoms with van der Waals surface area (Å²) >= 11 is 0. The lowest BCUT2D eigenvalue weighted by Gasteiger charge is -2.32. The molecule has 2 aliphatic carbocycles. The maximum atomic E-state index is 10.8. The second-order valence-electron chi connectivity index (χ2n) is 7.30. The Morgan fingerprint density at radius 3 is 2.69 bits per heavy atom. The Morgan fingerprint density at radius 2 is 2.04 bits per heavy atom. The summed E-state index contributed by atoms with van der Waals surface area (Å²) < 4.78 is 5.45. The van der Waals surface area contributed by atoms with Crippen LogP contribution in [0.25, 0.3) is 0 Å². The summed E-state index contributed by atoms with van der Waals surface area (Å²) in [5, 5.41) is 28.8. The number of rotatable bonds is 6. The van der Waals surface area contributed by atoms with Crippen LogP contribution in [0.4, 0.5) is 0 Å². The van der Waals surface area contributed by atoms with Crippen LogP contribution in [0.1, 0.15) is 51.2 Å². The fourth-order valence-electron chi connectivity index (χ4n) is 4.51. The molecule has 0 aromatic heterocycles. The molecular weight excluding hydrogens is 332 g/mol. The van der Waals surface area contributed by atoms with Crippen molar-refractivity contribution in [2.45, 2.75) is 65.1 Å². The number of hydrogen-bond donors (Lipinski definition) is 3. The van der Waals surface area contributed by atoms with Crippen molar-refractivity contribution in [2.75, 3.05) is 6.61 Å². The van der Waals surface area contributed by atoms with E-state index in [0.29, 0.717) is 17.6 Å². The minimum absolute atomic E-state index is 0.237. The number of aliphatic hydroxyl groups is 2.